The fraction of sp³-hybridized carbons (Fsp3) is 0.600. The first-order valence-corrected chi connectivity index (χ1v) is 6.76. The third kappa shape index (κ3) is 3.47. The molecule has 94 valence electrons. The molecule has 0 spiro atoms. The molecule has 0 saturated heterocycles. The van der Waals surface area contributed by atoms with Crippen molar-refractivity contribution < 1.29 is 0 Å². The fourth-order valence-corrected chi connectivity index (χ4v) is 1.98. The van der Waals surface area contributed by atoms with E-state index in [9.17, 15) is 0 Å². The molecule has 1 N–H and O–H groups in total. The van der Waals surface area contributed by atoms with Gasteiger partial charge in [-0.25, -0.2) is 0 Å². The second-order valence-corrected chi connectivity index (χ2v) is 5.16. The number of likely N-dealkylation sites (N-methyl/N-ethyl adjacent to an activating group) is 1. The van der Waals surface area contributed by atoms with Gasteiger partial charge in [0.25, 0.3) is 0 Å². The zero-order chi connectivity index (χ0) is 12.3. The Labute approximate surface area is 105 Å². The first-order valence-electron chi connectivity index (χ1n) is 6.76. The molecule has 0 aliphatic heterocycles. The predicted octanol–water partition coefficient (Wildman–Crippen LogP) is 2.83. The van der Waals surface area contributed by atoms with E-state index in [-0.39, 0.29) is 0 Å². The van der Waals surface area contributed by atoms with Crippen molar-refractivity contribution in [3.8, 4) is 0 Å². The van der Waals surface area contributed by atoms with Crippen molar-refractivity contribution in [1.82, 2.24) is 5.32 Å². The van der Waals surface area contributed by atoms with E-state index < -0.39 is 0 Å². The summed E-state index contributed by atoms with van der Waals surface area (Å²) >= 11 is 0. The van der Waals surface area contributed by atoms with Crippen molar-refractivity contribution in [2.45, 2.75) is 45.2 Å². The van der Waals surface area contributed by atoms with Gasteiger partial charge in [0.15, 0.2) is 0 Å². The second-order valence-electron chi connectivity index (χ2n) is 5.16. The zero-order valence-corrected chi connectivity index (χ0v) is 11.2. The minimum absolute atomic E-state index is 0.545. The molecular weight excluding hydrogens is 208 g/mol. The highest BCUT2D eigenvalue weighted by Gasteiger charge is 2.21. The van der Waals surface area contributed by atoms with Crippen LogP contribution in [0.25, 0.3) is 0 Å². The van der Waals surface area contributed by atoms with E-state index in [2.05, 4.69) is 55.4 Å². The van der Waals surface area contributed by atoms with E-state index in [1.54, 1.807) is 0 Å². The van der Waals surface area contributed by atoms with Gasteiger partial charge in [-0.3, -0.25) is 0 Å². The van der Waals surface area contributed by atoms with E-state index in [1.807, 2.05) is 0 Å². The summed E-state index contributed by atoms with van der Waals surface area (Å²) in [5, 5.41) is 3.59. The summed E-state index contributed by atoms with van der Waals surface area (Å²) in [4.78, 5) is 2.36. The van der Waals surface area contributed by atoms with Crippen molar-refractivity contribution in [2.75, 3.05) is 18.5 Å². The smallest absolute Gasteiger partial charge is 0.0383 e. The lowest BCUT2D eigenvalue weighted by Gasteiger charge is -2.27. The summed E-state index contributed by atoms with van der Waals surface area (Å²) in [6.45, 7) is 5.56. The molecule has 2 rings (SSSR count). The highest BCUT2D eigenvalue weighted by atomic mass is 15.2. The molecule has 0 bridgehead atoms. The molecule has 2 nitrogen and oxygen atoms in total. The highest BCUT2D eigenvalue weighted by Crippen LogP contribution is 2.20. The van der Waals surface area contributed by atoms with Gasteiger partial charge in [0, 0.05) is 31.4 Å². The van der Waals surface area contributed by atoms with Crippen LogP contribution in [0.1, 0.15) is 32.3 Å². The minimum Gasteiger partial charge on any atom is -0.371 e. The molecule has 1 aromatic rings. The Hall–Kier alpha value is -1.02. The Kier molecular flexibility index (Phi) is 4.06. The van der Waals surface area contributed by atoms with Gasteiger partial charge in [0.1, 0.15) is 0 Å². The number of nitrogens with one attached hydrogen (secondary N) is 1. The fourth-order valence-electron chi connectivity index (χ4n) is 1.98. The Bertz CT molecular complexity index is 340. The molecule has 2 heteroatoms. The van der Waals surface area contributed by atoms with E-state index in [0.717, 1.165) is 19.0 Å². The molecule has 0 aromatic heterocycles. The van der Waals surface area contributed by atoms with E-state index in [0.29, 0.717) is 6.04 Å². The molecule has 0 amide bonds. The molecule has 1 saturated carbocycles. The van der Waals surface area contributed by atoms with Crippen molar-refractivity contribution in [3.63, 3.8) is 0 Å². The number of nitrogens with zero attached hydrogens (tertiary/aromatic N) is 1. The summed E-state index contributed by atoms with van der Waals surface area (Å²) in [6, 6.07) is 10.3. The first-order chi connectivity index (χ1) is 8.20. The third-order valence-electron chi connectivity index (χ3n) is 3.69. The van der Waals surface area contributed by atoms with Crippen molar-refractivity contribution >= 4 is 5.69 Å². The normalized spacial score (nSPS) is 16.9. The Morgan fingerprint density at radius 3 is 2.47 bits per heavy atom. The van der Waals surface area contributed by atoms with Crippen molar-refractivity contribution in [2.24, 2.45) is 0 Å². The average molecular weight is 232 g/mol. The summed E-state index contributed by atoms with van der Waals surface area (Å²) in [5.41, 5.74) is 2.72. The standard InChI is InChI=1S/C15H24N2/c1-4-13-5-9-15(10-6-13)17(3)12(2)11-16-14-7-8-14/h5-6,9-10,12,14,16H,4,7-8,11H2,1-3H3. The maximum Gasteiger partial charge on any atom is 0.0383 e. The van der Waals surface area contributed by atoms with Gasteiger partial charge in [-0.2, -0.15) is 0 Å². The Morgan fingerprint density at radius 1 is 1.29 bits per heavy atom. The summed E-state index contributed by atoms with van der Waals surface area (Å²) in [6.07, 6.45) is 3.84. The molecule has 1 aliphatic carbocycles. The van der Waals surface area contributed by atoms with Gasteiger partial charge in [-0.15, -0.1) is 0 Å². The Morgan fingerprint density at radius 2 is 1.94 bits per heavy atom. The quantitative estimate of drug-likeness (QED) is 0.811. The summed E-state index contributed by atoms with van der Waals surface area (Å²) < 4.78 is 0. The number of benzene rings is 1. The van der Waals surface area contributed by atoms with Crippen LogP contribution in [-0.2, 0) is 6.42 Å². The predicted molar refractivity (Wildman–Crippen MR) is 74.7 cm³/mol. The molecule has 1 aromatic carbocycles. The average Bonchev–Trinajstić information content (AvgIpc) is 3.19. The SMILES string of the molecule is CCc1ccc(N(C)C(C)CNC2CC2)cc1. The summed E-state index contributed by atoms with van der Waals surface area (Å²) in [7, 11) is 2.18. The van der Waals surface area contributed by atoms with Gasteiger partial charge >= 0.3 is 0 Å². The molecule has 1 atom stereocenters. The molecule has 1 fully saturated rings. The van der Waals surface area contributed by atoms with E-state index in [1.165, 1.54) is 24.1 Å². The van der Waals surface area contributed by atoms with Crippen LogP contribution in [0.5, 0.6) is 0 Å². The number of hydrogen-bond acceptors (Lipinski definition) is 2. The molecule has 0 heterocycles. The lowest BCUT2D eigenvalue weighted by molar-refractivity contribution is 0.582. The number of rotatable bonds is 6. The molecule has 1 aliphatic rings. The largest absolute Gasteiger partial charge is 0.371 e. The van der Waals surface area contributed by atoms with E-state index >= 15 is 0 Å². The third-order valence-corrected chi connectivity index (χ3v) is 3.69. The topological polar surface area (TPSA) is 15.3 Å². The second kappa shape index (κ2) is 5.54. The maximum absolute atomic E-state index is 3.59. The monoisotopic (exact) mass is 232 g/mol. The van der Waals surface area contributed by atoms with Crippen LogP contribution in [-0.4, -0.2) is 25.7 Å². The van der Waals surface area contributed by atoms with Crippen molar-refractivity contribution in [1.29, 1.82) is 0 Å². The van der Waals surface area contributed by atoms with Gasteiger partial charge in [0.05, 0.1) is 0 Å². The lowest BCUT2D eigenvalue weighted by atomic mass is 10.1. The van der Waals surface area contributed by atoms with Gasteiger partial charge in [-0.05, 0) is 43.9 Å². The van der Waals surface area contributed by atoms with E-state index in [4.69, 9.17) is 0 Å². The van der Waals surface area contributed by atoms with Crippen LogP contribution in [0.15, 0.2) is 24.3 Å². The number of hydrogen-bond donors (Lipinski definition) is 1. The van der Waals surface area contributed by atoms with Crippen LogP contribution in [0.2, 0.25) is 0 Å². The van der Waals surface area contributed by atoms with Crippen LogP contribution >= 0.6 is 0 Å². The van der Waals surface area contributed by atoms with Gasteiger partial charge < -0.3 is 10.2 Å². The number of aryl methyl sites for hydroxylation is 1. The van der Waals surface area contributed by atoms with Gasteiger partial charge in [0.2, 0.25) is 0 Å². The van der Waals surface area contributed by atoms with Gasteiger partial charge in [-0.1, -0.05) is 19.1 Å². The minimum atomic E-state index is 0.545. The first kappa shape index (κ1) is 12.4. The van der Waals surface area contributed by atoms with Crippen molar-refractivity contribution in [3.05, 3.63) is 29.8 Å². The highest BCUT2D eigenvalue weighted by molar-refractivity contribution is 5.47. The van der Waals surface area contributed by atoms with Crippen LogP contribution in [0.3, 0.4) is 0 Å². The lowest BCUT2D eigenvalue weighted by Crippen LogP contribution is -2.38. The Balaban J connectivity index is 1.89. The maximum atomic E-state index is 3.59. The molecular formula is C15H24N2. The summed E-state index contributed by atoms with van der Waals surface area (Å²) in [5.74, 6) is 0. The molecule has 0 radical (unpaired) electrons. The number of anilines is 1. The zero-order valence-electron chi connectivity index (χ0n) is 11.2. The van der Waals surface area contributed by atoms with Crippen LogP contribution < -0.4 is 10.2 Å². The molecule has 1 unspecified atom stereocenters. The molecule has 17 heavy (non-hydrogen) atoms. The van der Waals surface area contributed by atoms with Crippen LogP contribution in [0, 0.1) is 0 Å². The van der Waals surface area contributed by atoms with Crippen LogP contribution in [0.4, 0.5) is 5.69 Å².